The molecule has 8 heteroatoms. The normalized spacial score (nSPS) is 23.6. The Bertz CT molecular complexity index is 781. The lowest BCUT2D eigenvalue weighted by molar-refractivity contribution is -0.143. The molecule has 132 valence electrons. The van der Waals surface area contributed by atoms with Gasteiger partial charge < -0.3 is 15.5 Å². The molecule has 2 saturated heterocycles. The van der Waals surface area contributed by atoms with E-state index < -0.39 is 0 Å². The van der Waals surface area contributed by atoms with Crippen LogP contribution in [0.2, 0.25) is 0 Å². The molecule has 0 saturated carbocycles. The molecular weight excluding hydrogens is 354 g/mol. The number of anilines is 2. The first-order valence-electron chi connectivity index (χ1n) is 8.42. The molecule has 0 bridgehead atoms. The fourth-order valence-corrected chi connectivity index (χ4v) is 5.50. The number of hydrogen-bond donors (Lipinski definition) is 1. The third kappa shape index (κ3) is 3.20. The van der Waals surface area contributed by atoms with Gasteiger partial charge in [0.15, 0.2) is 0 Å². The number of nitrogens with zero attached hydrogens (tertiary/aromatic N) is 4. The number of nitrogens with two attached hydrogens (primary N) is 1. The molecule has 0 aromatic carbocycles. The molecule has 25 heavy (non-hydrogen) atoms. The zero-order valence-electron chi connectivity index (χ0n) is 14.1. The molecule has 2 fully saturated rings. The van der Waals surface area contributed by atoms with Gasteiger partial charge in [0.05, 0.1) is 9.62 Å². The van der Waals surface area contributed by atoms with Crippen LogP contribution in [0.4, 0.5) is 11.8 Å². The van der Waals surface area contributed by atoms with Crippen LogP contribution in [0, 0.1) is 5.41 Å². The van der Waals surface area contributed by atoms with Crippen LogP contribution in [-0.4, -0.2) is 47.5 Å². The van der Waals surface area contributed by atoms with Gasteiger partial charge in [0.25, 0.3) is 0 Å². The summed E-state index contributed by atoms with van der Waals surface area (Å²) in [6, 6.07) is 6.07. The van der Waals surface area contributed by atoms with Crippen LogP contribution < -0.4 is 10.6 Å². The van der Waals surface area contributed by atoms with Gasteiger partial charge in [0.2, 0.25) is 11.9 Å². The molecule has 2 aromatic rings. The van der Waals surface area contributed by atoms with Gasteiger partial charge in [0, 0.05) is 32.7 Å². The minimum atomic E-state index is -0.256. The molecule has 2 aliphatic rings. The highest BCUT2D eigenvalue weighted by Crippen LogP contribution is 2.41. The highest BCUT2D eigenvalue weighted by Gasteiger charge is 2.47. The Balaban J connectivity index is 1.56. The van der Waals surface area contributed by atoms with Crippen molar-refractivity contribution in [1.29, 1.82) is 0 Å². The molecule has 6 nitrogen and oxygen atoms in total. The van der Waals surface area contributed by atoms with E-state index in [0.717, 1.165) is 49.7 Å². The largest absolute Gasteiger partial charge is 0.368 e. The summed E-state index contributed by atoms with van der Waals surface area (Å²) < 4.78 is 1.17. The van der Waals surface area contributed by atoms with E-state index in [9.17, 15) is 4.79 Å². The predicted octanol–water partition coefficient (Wildman–Crippen LogP) is 2.72. The van der Waals surface area contributed by atoms with Gasteiger partial charge in [-0.25, -0.2) is 4.98 Å². The number of carbonyl (C=O) groups is 1. The van der Waals surface area contributed by atoms with Gasteiger partial charge in [-0.1, -0.05) is 17.8 Å². The van der Waals surface area contributed by atoms with Crippen LogP contribution in [0.15, 0.2) is 32.8 Å². The van der Waals surface area contributed by atoms with Gasteiger partial charge in [0.1, 0.15) is 10.8 Å². The second-order valence-electron chi connectivity index (χ2n) is 6.74. The Morgan fingerprint density at radius 3 is 3.00 bits per heavy atom. The van der Waals surface area contributed by atoms with Crippen molar-refractivity contribution in [3.8, 4) is 0 Å². The minimum absolute atomic E-state index is 0.256. The first kappa shape index (κ1) is 16.7. The zero-order chi connectivity index (χ0) is 17.4. The number of likely N-dealkylation sites (tertiary alicyclic amines) is 1. The van der Waals surface area contributed by atoms with Crippen molar-refractivity contribution < 1.29 is 4.79 Å². The minimum Gasteiger partial charge on any atom is -0.368 e. The first-order valence-corrected chi connectivity index (χ1v) is 10.1. The van der Waals surface area contributed by atoms with Crippen molar-refractivity contribution in [2.45, 2.75) is 28.5 Å². The highest BCUT2D eigenvalue weighted by molar-refractivity contribution is 8.01. The summed E-state index contributed by atoms with van der Waals surface area (Å²) in [7, 11) is 1.91. The molecule has 2 aliphatic heterocycles. The maximum atomic E-state index is 12.7. The molecular formula is C17H21N5OS2. The Morgan fingerprint density at radius 2 is 2.20 bits per heavy atom. The Morgan fingerprint density at radius 1 is 1.32 bits per heavy atom. The SMILES string of the molecule is CN1CCC[C@@]2(CCN(c3cc(Sc4cccs4)nc(N)n3)C2)C1=O. The van der Waals surface area contributed by atoms with Gasteiger partial charge in [-0.15, -0.1) is 11.3 Å². The predicted molar refractivity (Wildman–Crippen MR) is 101 cm³/mol. The molecule has 2 N–H and O–H groups in total. The molecule has 1 spiro atoms. The number of hydrogen-bond acceptors (Lipinski definition) is 7. The number of amides is 1. The van der Waals surface area contributed by atoms with Gasteiger partial charge in [-0.2, -0.15) is 4.98 Å². The number of carbonyl (C=O) groups excluding carboxylic acids is 1. The van der Waals surface area contributed by atoms with Crippen LogP contribution >= 0.6 is 23.1 Å². The number of thiophene rings is 1. The lowest BCUT2D eigenvalue weighted by atomic mass is 9.78. The van der Waals surface area contributed by atoms with Crippen molar-refractivity contribution in [3.63, 3.8) is 0 Å². The smallest absolute Gasteiger partial charge is 0.230 e. The van der Waals surface area contributed by atoms with Gasteiger partial charge >= 0.3 is 0 Å². The lowest BCUT2D eigenvalue weighted by Crippen LogP contribution is -2.48. The van der Waals surface area contributed by atoms with E-state index in [0.29, 0.717) is 0 Å². The van der Waals surface area contributed by atoms with Crippen molar-refractivity contribution in [3.05, 3.63) is 23.6 Å². The monoisotopic (exact) mass is 375 g/mol. The van der Waals surface area contributed by atoms with Gasteiger partial charge in [-0.3, -0.25) is 4.79 Å². The molecule has 0 unspecified atom stereocenters. The standard InChI is InChI=1S/C17H21N5OS2/c1-21-7-3-5-17(15(21)23)6-8-22(11-17)12-10-13(20-16(18)19-12)25-14-4-2-9-24-14/h2,4,9-10H,3,5-8,11H2,1H3,(H2,18,19,20)/t17-/m0/s1. The quantitative estimate of drug-likeness (QED) is 0.832. The molecule has 2 aromatic heterocycles. The summed E-state index contributed by atoms with van der Waals surface area (Å²) in [5, 5.41) is 2.89. The summed E-state index contributed by atoms with van der Waals surface area (Å²) in [6.45, 7) is 2.41. The maximum absolute atomic E-state index is 12.7. The second kappa shape index (κ2) is 6.49. The van der Waals surface area contributed by atoms with Crippen LogP contribution in [0.25, 0.3) is 0 Å². The highest BCUT2D eigenvalue weighted by atomic mass is 32.2. The molecule has 4 heterocycles. The van der Waals surface area contributed by atoms with Crippen molar-refractivity contribution in [2.75, 3.05) is 37.3 Å². The van der Waals surface area contributed by atoms with Crippen LogP contribution in [0.3, 0.4) is 0 Å². The Hall–Kier alpha value is -1.80. The number of aromatic nitrogens is 2. The Kier molecular flexibility index (Phi) is 4.33. The molecule has 0 aliphatic carbocycles. The maximum Gasteiger partial charge on any atom is 0.230 e. The second-order valence-corrected chi connectivity index (χ2v) is 9.01. The Labute approximate surface area is 155 Å². The summed E-state index contributed by atoms with van der Waals surface area (Å²) in [6.07, 6.45) is 2.92. The molecule has 1 atom stereocenters. The summed E-state index contributed by atoms with van der Waals surface area (Å²) in [5.41, 5.74) is 5.69. The van der Waals surface area contributed by atoms with Crippen LogP contribution in [0.1, 0.15) is 19.3 Å². The fraction of sp³-hybridized carbons (Fsp3) is 0.471. The first-order chi connectivity index (χ1) is 12.1. The zero-order valence-corrected chi connectivity index (χ0v) is 15.8. The van der Waals surface area contributed by atoms with E-state index in [1.807, 2.05) is 29.5 Å². The molecule has 1 amide bonds. The van der Waals surface area contributed by atoms with Gasteiger partial charge in [-0.05, 0) is 30.7 Å². The van der Waals surface area contributed by atoms with Crippen molar-refractivity contribution in [1.82, 2.24) is 14.9 Å². The van der Waals surface area contributed by atoms with E-state index in [4.69, 9.17) is 5.73 Å². The summed E-state index contributed by atoms with van der Waals surface area (Å²) in [4.78, 5) is 25.5. The number of nitrogen functional groups attached to an aromatic ring is 1. The van der Waals surface area contributed by atoms with Crippen LogP contribution in [0.5, 0.6) is 0 Å². The van der Waals surface area contributed by atoms with E-state index in [1.54, 1.807) is 23.1 Å². The number of rotatable bonds is 3. The fourth-order valence-electron chi connectivity index (χ4n) is 3.78. The molecule has 4 rings (SSSR count). The third-order valence-electron chi connectivity index (χ3n) is 5.03. The third-order valence-corrected chi connectivity index (χ3v) is 6.99. The lowest BCUT2D eigenvalue weighted by Gasteiger charge is -2.37. The van der Waals surface area contributed by atoms with E-state index in [1.165, 1.54) is 4.21 Å². The average Bonchev–Trinajstić information content (AvgIpc) is 3.23. The van der Waals surface area contributed by atoms with E-state index in [2.05, 4.69) is 20.9 Å². The average molecular weight is 376 g/mol. The summed E-state index contributed by atoms with van der Waals surface area (Å²) >= 11 is 3.27. The van der Waals surface area contributed by atoms with Crippen molar-refractivity contribution in [2.24, 2.45) is 5.41 Å². The van der Waals surface area contributed by atoms with Crippen LogP contribution in [-0.2, 0) is 4.79 Å². The van der Waals surface area contributed by atoms with Crippen molar-refractivity contribution >= 4 is 40.8 Å². The van der Waals surface area contributed by atoms with E-state index in [-0.39, 0.29) is 17.3 Å². The van der Waals surface area contributed by atoms with E-state index >= 15 is 0 Å². The number of piperidine rings is 1. The topological polar surface area (TPSA) is 75.3 Å². The molecule has 0 radical (unpaired) electrons. The summed E-state index contributed by atoms with van der Waals surface area (Å²) in [5.74, 6) is 1.38.